The highest BCUT2D eigenvalue weighted by Gasteiger charge is 2.25. The van der Waals surface area contributed by atoms with Gasteiger partial charge < -0.3 is 14.6 Å². The minimum absolute atomic E-state index is 0.175. The van der Waals surface area contributed by atoms with Gasteiger partial charge in [-0.25, -0.2) is 0 Å². The standard InChI is InChI=1S/C17H21N3O3/c1-22-16-10-15(23-19-16)17(21)18-11-14-8-5-9-20(14)12-13-6-3-2-4-7-13/h2-4,6-7,10,14H,5,8-9,11-12H2,1H3,(H,18,21). The third-order valence-electron chi connectivity index (χ3n) is 4.15. The molecule has 122 valence electrons. The molecule has 0 radical (unpaired) electrons. The van der Waals surface area contributed by atoms with Crippen molar-refractivity contribution in [3.8, 4) is 5.88 Å². The minimum atomic E-state index is -0.257. The molecule has 1 aliphatic rings. The summed E-state index contributed by atoms with van der Waals surface area (Å²) in [4.78, 5) is 14.5. The molecule has 3 rings (SSSR count). The van der Waals surface area contributed by atoms with Gasteiger partial charge in [-0.3, -0.25) is 9.69 Å². The maximum atomic E-state index is 12.1. The number of hydrogen-bond acceptors (Lipinski definition) is 5. The van der Waals surface area contributed by atoms with Crippen LogP contribution in [0.5, 0.6) is 5.88 Å². The summed E-state index contributed by atoms with van der Waals surface area (Å²) in [7, 11) is 1.49. The number of carbonyl (C=O) groups is 1. The highest BCUT2D eigenvalue weighted by Crippen LogP contribution is 2.19. The molecule has 2 aromatic rings. The number of ether oxygens (including phenoxy) is 1. The lowest BCUT2D eigenvalue weighted by atomic mass is 10.2. The number of carbonyl (C=O) groups excluding carboxylic acids is 1. The molecule has 6 heteroatoms. The van der Waals surface area contributed by atoms with E-state index < -0.39 is 0 Å². The van der Waals surface area contributed by atoms with Crippen molar-refractivity contribution >= 4 is 5.91 Å². The van der Waals surface area contributed by atoms with Crippen molar-refractivity contribution in [2.75, 3.05) is 20.2 Å². The highest BCUT2D eigenvalue weighted by molar-refractivity contribution is 5.91. The lowest BCUT2D eigenvalue weighted by Crippen LogP contribution is -2.39. The molecular weight excluding hydrogens is 294 g/mol. The van der Waals surface area contributed by atoms with Gasteiger partial charge in [0.25, 0.3) is 11.8 Å². The van der Waals surface area contributed by atoms with E-state index in [2.05, 4.69) is 39.6 Å². The number of benzene rings is 1. The number of hydrogen-bond donors (Lipinski definition) is 1. The number of amides is 1. The Morgan fingerprint density at radius 1 is 1.43 bits per heavy atom. The van der Waals surface area contributed by atoms with E-state index in [0.29, 0.717) is 18.5 Å². The molecule has 1 aromatic carbocycles. The van der Waals surface area contributed by atoms with Crippen molar-refractivity contribution in [3.63, 3.8) is 0 Å². The quantitative estimate of drug-likeness (QED) is 0.884. The molecule has 1 atom stereocenters. The van der Waals surface area contributed by atoms with Crippen LogP contribution >= 0.6 is 0 Å². The first-order valence-electron chi connectivity index (χ1n) is 7.83. The zero-order valence-corrected chi connectivity index (χ0v) is 13.2. The van der Waals surface area contributed by atoms with E-state index in [9.17, 15) is 4.79 Å². The predicted molar refractivity (Wildman–Crippen MR) is 85.3 cm³/mol. The molecule has 0 saturated carbocycles. The fourth-order valence-electron chi connectivity index (χ4n) is 2.91. The Hall–Kier alpha value is -2.34. The molecule has 1 saturated heterocycles. The summed E-state index contributed by atoms with van der Waals surface area (Å²) in [5, 5.41) is 6.56. The largest absolute Gasteiger partial charge is 0.479 e. The fourth-order valence-corrected chi connectivity index (χ4v) is 2.91. The number of nitrogens with zero attached hydrogens (tertiary/aromatic N) is 2. The fraction of sp³-hybridized carbons (Fsp3) is 0.412. The highest BCUT2D eigenvalue weighted by atomic mass is 16.5. The van der Waals surface area contributed by atoms with Gasteiger partial charge in [-0.15, -0.1) is 0 Å². The van der Waals surface area contributed by atoms with Gasteiger partial charge >= 0.3 is 0 Å². The first-order chi connectivity index (χ1) is 11.3. The van der Waals surface area contributed by atoms with Crippen LogP contribution in [0.1, 0.15) is 29.0 Å². The Balaban J connectivity index is 1.53. The third kappa shape index (κ3) is 3.90. The zero-order chi connectivity index (χ0) is 16.1. The molecular formula is C17H21N3O3. The van der Waals surface area contributed by atoms with Crippen molar-refractivity contribution in [2.24, 2.45) is 0 Å². The summed E-state index contributed by atoms with van der Waals surface area (Å²) in [6.45, 7) is 2.58. The Kier molecular flexibility index (Phi) is 4.92. The van der Waals surface area contributed by atoms with Crippen molar-refractivity contribution in [2.45, 2.75) is 25.4 Å². The van der Waals surface area contributed by atoms with E-state index in [1.807, 2.05) is 6.07 Å². The van der Waals surface area contributed by atoms with Gasteiger partial charge in [-0.05, 0) is 30.1 Å². The van der Waals surface area contributed by atoms with Crippen molar-refractivity contribution in [3.05, 3.63) is 47.7 Å². The number of aromatic nitrogens is 1. The van der Waals surface area contributed by atoms with Gasteiger partial charge in [0.1, 0.15) is 0 Å². The lowest BCUT2D eigenvalue weighted by Gasteiger charge is -2.24. The van der Waals surface area contributed by atoms with E-state index in [4.69, 9.17) is 9.26 Å². The van der Waals surface area contributed by atoms with Crippen LogP contribution in [0.15, 0.2) is 40.9 Å². The second kappa shape index (κ2) is 7.28. The topological polar surface area (TPSA) is 67.6 Å². The van der Waals surface area contributed by atoms with Gasteiger partial charge in [0, 0.05) is 19.1 Å². The second-order valence-electron chi connectivity index (χ2n) is 5.70. The van der Waals surface area contributed by atoms with Crippen molar-refractivity contribution < 1.29 is 14.1 Å². The Morgan fingerprint density at radius 2 is 2.26 bits per heavy atom. The average Bonchev–Trinajstić information content (AvgIpc) is 3.23. The molecule has 23 heavy (non-hydrogen) atoms. The smallest absolute Gasteiger partial charge is 0.290 e. The molecule has 6 nitrogen and oxygen atoms in total. The normalized spacial score (nSPS) is 18.0. The molecule has 2 heterocycles. The summed E-state index contributed by atoms with van der Waals surface area (Å²) in [6.07, 6.45) is 2.25. The average molecular weight is 315 g/mol. The molecule has 1 fully saturated rings. The molecule has 1 aromatic heterocycles. The summed E-state index contributed by atoms with van der Waals surface area (Å²) in [5.41, 5.74) is 1.30. The minimum Gasteiger partial charge on any atom is -0.479 e. The molecule has 1 amide bonds. The molecule has 1 aliphatic heterocycles. The van der Waals surface area contributed by atoms with Gasteiger partial charge in [0.15, 0.2) is 0 Å². The van der Waals surface area contributed by atoms with E-state index >= 15 is 0 Å². The monoisotopic (exact) mass is 315 g/mol. The van der Waals surface area contributed by atoms with Gasteiger partial charge in [-0.2, -0.15) is 0 Å². The third-order valence-corrected chi connectivity index (χ3v) is 4.15. The van der Waals surface area contributed by atoms with E-state index in [1.54, 1.807) is 0 Å². The van der Waals surface area contributed by atoms with E-state index in [-0.39, 0.29) is 11.7 Å². The van der Waals surface area contributed by atoms with Gasteiger partial charge in [0.05, 0.1) is 13.2 Å². The maximum absolute atomic E-state index is 12.1. The van der Waals surface area contributed by atoms with Crippen LogP contribution in [0.2, 0.25) is 0 Å². The predicted octanol–water partition coefficient (Wildman–Crippen LogP) is 2.08. The van der Waals surface area contributed by atoms with Crippen LogP contribution in [0.3, 0.4) is 0 Å². The van der Waals surface area contributed by atoms with Crippen molar-refractivity contribution in [1.82, 2.24) is 15.4 Å². The van der Waals surface area contributed by atoms with Crippen LogP contribution in [0.25, 0.3) is 0 Å². The van der Waals surface area contributed by atoms with Crippen molar-refractivity contribution in [1.29, 1.82) is 0 Å². The van der Waals surface area contributed by atoms with Gasteiger partial charge in [0.2, 0.25) is 5.76 Å². The molecule has 0 spiro atoms. The summed E-state index contributed by atoms with van der Waals surface area (Å²) >= 11 is 0. The molecule has 1 unspecified atom stereocenters. The van der Waals surface area contributed by atoms with Crippen LogP contribution < -0.4 is 10.1 Å². The maximum Gasteiger partial charge on any atom is 0.290 e. The zero-order valence-electron chi connectivity index (χ0n) is 13.2. The number of likely N-dealkylation sites (tertiary alicyclic amines) is 1. The Labute approximate surface area is 135 Å². The second-order valence-corrected chi connectivity index (χ2v) is 5.70. The van der Waals surface area contributed by atoms with Crippen LogP contribution in [0.4, 0.5) is 0 Å². The molecule has 1 N–H and O–H groups in total. The number of methoxy groups -OCH3 is 1. The number of rotatable bonds is 6. The summed E-state index contributed by atoms with van der Waals surface area (Å²) in [5.74, 6) is 0.225. The van der Waals surface area contributed by atoms with E-state index in [1.165, 1.54) is 18.7 Å². The van der Waals surface area contributed by atoms with Crippen LogP contribution in [0, 0.1) is 0 Å². The first-order valence-corrected chi connectivity index (χ1v) is 7.83. The number of nitrogens with one attached hydrogen (secondary N) is 1. The SMILES string of the molecule is COc1cc(C(=O)NCC2CCCN2Cc2ccccc2)on1. The molecule has 0 aliphatic carbocycles. The van der Waals surface area contributed by atoms with Crippen LogP contribution in [-0.4, -0.2) is 42.2 Å². The molecule has 0 bridgehead atoms. The lowest BCUT2D eigenvalue weighted by molar-refractivity contribution is 0.0902. The summed E-state index contributed by atoms with van der Waals surface area (Å²) in [6, 6.07) is 12.2. The first kappa shape index (κ1) is 15.6. The summed E-state index contributed by atoms with van der Waals surface area (Å²) < 4.78 is 9.87. The van der Waals surface area contributed by atoms with Gasteiger partial charge in [-0.1, -0.05) is 30.3 Å². The Bertz CT molecular complexity index is 642. The Morgan fingerprint density at radius 3 is 3.00 bits per heavy atom. The van der Waals surface area contributed by atoms with Crippen LogP contribution in [-0.2, 0) is 6.54 Å². The van der Waals surface area contributed by atoms with E-state index in [0.717, 1.165) is 25.9 Å².